The van der Waals surface area contributed by atoms with Gasteiger partial charge >= 0.3 is 0 Å². The molecule has 1 aliphatic heterocycles. The van der Waals surface area contributed by atoms with Crippen LogP contribution >= 0.6 is 12.2 Å². The number of piperazine rings is 1. The highest BCUT2D eigenvalue weighted by Crippen LogP contribution is 2.23. The molecule has 0 aliphatic carbocycles. The molecule has 6 heteroatoms. The summed E-state index contributed by atoms with van der Waals surface area (Å²) >= 11 is 4.73. The predicted octanol–water partition coefficient (Wildman–Crippen LogP) is 3.47. The summed E-state index contributed by atoms with van der Waals surface area (Å²) in [5.74, 6) is 0. The zero-order valence-electron chi connectivity index (χ0n) is 17.6. The first-order valence-electron chi connectivity index (χ1n) is 10.1. The van der Waals surface area contributed by atoms with Crippen LogP contribution < -0.4 is 16.1 Å². The van der Waals surface area contributed by atoms with E-state index < -0.39 is 0 Å². The van der Waals surface area contributed by atoms with Crippen molar-refractivity contribution in [3.05, 3.63) is 65.2 Å². The summed E-state index contributed by atoms with van der Waals surface area (Å²) in [6.45, 7) is 12.0. The van der Waals surface area contributed by atoms with Gasteiger partial charge in [-0.25, -0.2) is 0 Å². The Kier molecular flexibility index (Phi) is 6.87. The van der Waals surface area contributed by atoms with Gasteiger partial charge in [0.15, 0.2) is 5.11 Å². The van der Waals surface area contributed by atoms with Crippen LogP contribution in [0.2, 0.25) is 0 Å². The van der Waals surface area contributed by atoms with Crippen molar-refractivity contribution in [2.24, 2.45) is 10.8 Å². The monoisotopic (exact) mass is 409 g/mol. The number of nitrogens with zero attached hydrogens (tertiary/aromatic N) is 3. The highest BCUT2D eigenvalue weighted by atomic mass is 32.1. The molecule has 0 aromatic heterocycles. The third kappa shape index (κ3) is 6.27. The van der Waals surface area contributed by atoms with Crippen LogP contribution in [0.25, 0.3) is 0 Å². The molecule has 0 saturated carbocycles. The van der Waals surface area contributed by atoms with E-state index in [4.69, 9.17) is 18.0 Å². The summed E-state index contributed by atoms with van der Waals surface area (Å²) in [5, 5.41) is 4.16. The number of hydrazone groups is 1. The number of hydrogen-bond acceptors (Lipinski definition) is 4. The van der Waals surface area contributed by atoms with Crippen LogP contribution in [0.5, 0.6) is 0 Å². The van der Waals surface area contributed by atoms with Gasteiger partial charge in [-0.3, -0.25) is 10.3 Å². The molecule has 0 radical (unpaired) electrons. The molecule has 2 aromatic carbocycles. The Morgan fingerprint density at radius 1 is 1.03 bits per heavy atom. The zero-order chi connectivity index (χ0) is 20.9. The number of nitrogens with two attached hydrogens (primary N) is 1. The molecule has 0 bridgehead atoms. The van der Waals surface area contributed by atoms with E-state index in [0.29, 0.717) is 0 Å². The van der Waals surface area contributed by atoms with Crippen molar-refractivity contribution in [1.82, 2.24) is 10.3 Å². The van der Waals surface area contributed by atoms with Crippen LogP contribution in [-0.2, 0) is 12.0 Å². The van der Waals surface area contributed by atoms with Crippen LogP contribution in [0.15, 0.2) is 53.6 Å². The maximum Gasteiger partial charge on any atom is 0.184 e. The van der Waals surface area contributed by atoms with Crippen LogP contribution in [0, 0.1) is 0 Å². The van der Waals surface area contributed by atoms with E-state index in [0.717, 1.165) is 38.3 Å². The lowest BCUT2D eigenvalue weighted by atomic mass is 9.87. The lowest BCUT2D eigenvalue weighted by Crippen LogP contribution is -2.45. The standard InChI is InChI=1S/C23H31N5S/c1-23(2,3)20-8-4-19(5-9-20)17-27-12-14-28(15-13-27)21-10-6-18(7-11-21)16-25-26-22(24)29/h4-11,16H,12-15,17H2,1-3H3,(H3,24,26,29). The normalized spacial score (nSPS) is 15.6. The third-order valence-corrected chi connectivity index (χ3v) is 5.34. The van der Waals surface area contributed by atoms with Gasteiger partial charge in [-0.15, -0.1) is 0 Å². The molecule has 1 aliphatic rings. The Balaban J connectivity index is 1.50. The Bertz CT molecular complexity index is 829. The van der Waals surface area contributed by atoms with Crippen molar-refractivity contribution in [2.75, 3.05) is 31.1 Å². The highest BCUT2D eigenvalue weighted by Gasteiger charge is 2.18. The fourth-order valence-corrected chi connectivity index (χ4v) is 3.53. The van der Waals surface area contributed by atoms with Gasteiger partial charge in [0.1, 0.15) is 0 Å². The lowest BCUT2D eigenvalue weighted by Gasteiger charge is -2.36. The minimum absolute atomic E-state index is 0.167. The number of anilines is 1. The number of rotatable bonds is 5. The van der Waals surface area contributed by atoms with E-state index in [1.807, 2.05) is 0 Å². The molecule has 1 heterocycles. The molecular weight excluding hydrogens is 378 g/mol. The van der Waals surface area contributed by atoms with E-state index in [2.05, 4.69) is 89.6 Å². The van der Waals surface area contributed by atoms with Crippen molar-refractivity contribution < 1.29 is 0 Å². The van der Waals surface area contributed by atoms with Gasteiger partial charge in [-0.2, -0.15) is 5.10 Å². The van der Waals surface area contributed by atoms with Crippen LogP contribution in [0.1, 0.15) is 37.5 Å². The number of hydrogen-bond donors (Lipinski definition) is 2. The van der Waals surface area contributed by atoms with Crippen LogP contribution in [0.3, 0.4) is 0 Å². The Morgan fingerprint density at radius 2 is 1.66 bits per heavy atom. The van der Waals surface area contributed by atoms with Gasteiger partial charge < -0.3 is 10.6 Å². The first-order chi connectivity index (χ1) is 13.8. The fourth-order valence-electron chi connectivity index (χ4n) is 3.47. The van der Waals surface area contributed by atoms with Gasteiger partial charge in [0, 0.05) is 38.4 Å². The number of benzene rings is 2. The molecule has 0 atom stereocenters. The second-order valence-electron chi connectivity index (χ2n) is 8.54. The molecule has 2 aromatic rings. The minimum Gasteiger partial charge on any atom is -0.375 e. The summed E-state index contributed by atoms with van der Waals surface area (Å²) in [5.41, 5.74) is 13.2. The van der Waals surface area contributed by atoms with Gasteiger partial charge in [0.05, 0.1) is 6.21 Å². The van der Waals surface area contributed by atoms with E-state index in [1.54, 1.807) is 6.21 Å². The molecule has 1 fully saturated rings. The first kappa shape index (κ1) is 21.3. The molecule has 5 nitrogen and oxygen atoms in total. The largest absolute Gasteiger partial charge is 0.375 e. The smallest absolute Gasteiger partial charge is 0.184 e. The lowest BCUT2D eigenvalue weighted by molar-refractivity contribution is 0.250. The summed E-state index contributed by atoms with van der Waals surface area (Å²) in [7, 11) is 0. The van der Waals surface area contributed by atoms with Crippen LogP contribution in [-0.4, -0.2) is 42.4 Å². The van der Waals surface area contributed by atoms with Crippen molar-refractivity contribution >= 4 is 29.2 Å². The maximum absolute atomic E-state index is 5.36. The predicted molar refractivity (Wildman–Crippen MR) is 127 cm³/mol. The molecule has 0 unspecified atom stereocenters. The average molecular weight is 410 g/mol. The van der Waals surface area contributed by atoms with E-state index in [1.165, 1.54) is 16.8 Å². The van der Waals surface area contributed by atoms with Crippen molar-refractivity contribution in [3.8, 4) is 0 Å². The molecule has 0 spiro atoms. The summed E-state index contributed by atoms with van der Waals surface area (Å²) in [6.07, 6.45) is 1.71. The zero-order valence-corrected chi connectivity index (χ0v) is 18.4. The van der Waals surface area contributed by atoms with Crippen molar-refractivity contribution in [3.63, 3.8) is 0 Å². The number of thiocarbonyl (C=S) groups is 1. The molecule has 3 rings (SSSR count). The Labute approximate surface area is 179 Å². The Hall–Kier alpha value is -2.44. The van der Waals surface area contributed by atoms with Gasteiger partial charge in [0.2, 0.25) is 0 Å². The highest BCUT2D eigenvalue weighted by molar-refractivity contribution is 7.80. The van der Waals surface area contributed by atoms with Gasteiger partial charge in [-0.05, 0) is 46.5 Å². The SMILES string of the molecule is CC(C)(C)c1ccc(CN2CCN(c3ccc(C=NNC(N)=S)cc3)CC2)cc1. The molecular formula is C23H31N5S. The first-order valence-corrected chi connectivity index (χ1v) is 10.5. The maximum atomic E-state index is 5.36. The second-order valence-corrected chi connectivity index (χ2v) is 8.98. The average Bonchev–Trinajstić information content (AvgIpc) is 2.69. The summed E-state index contributed by atoms with van der Waals surface area (Å²) < 4.78 is 0. The van der Waals surface area contributed by atoms with E-state index >= 15 is 0 Å². The van der Waals surface area contributed by atoms with E-state index in [-0.39, 0.29) is 10.5 Å². The molecule has 1 saturated heterocycles. The third-order valence-electron chi connectivity index (χ3n) is 5.25. The second kappa shape index (κ2) is 9.37. The Morgan fingerprint density at radius 3 is 2.21 bits per heavy atom. The minimum atomic E-state index is 0.167. The molecule has 3 N–H and O–H groups in total. The number of nitrogens with one attached hydrogen (secondary N) is 1. The van der Waals surface area contributed by atoms with Gasteiger partial charge in [0.25, 0.3) is 0 Å². The summed E-state index contributed by atoms with van der Waals surface area (Å²) in [6, 6.07) is 17.5. The fraction of sp³-hybridized carbons (Fsp3) is 0.391. The van der Waals surface area contributed by atoms with Crippen LogP contribution in [0.4, 0.5) is 5.69 Å². The van der Waals surface area contributed by atoms with E-state index in [9.17, 15) is 0 Å². The quantitative estimate of drug-likeness (QED) is 0.450. The van der Waals surface area contributed by atoms with Crippen molar-refractivity contribution in [1.29, 1.82) is 0 Å². The molecule has 0 amide bonds. The molecule has 154 valence electrons. The molecule has 29 heavy (non-hydrogen) atoms. The van der Waals surface area contributed by atoms with Gasteiger partial charge in [-0.1, -0.05) is 57.2 Å². The summed E-state index contributed by atoms with van der Waals surface area (Å²) in [4.78, 5) is 4.97. The van der Waals surface area contributed by atoms with Crippen molar-refractivity contribution in [2.45, 2.75) is 32.7 Å². The topological polar surface area (TPSA) is 56.9 Å².